The first-order valence-corrected chi connectivity index (χ1v) is 30.5. The van der Waals surface area contributed by atoms with Gasteiger partial charge in [-0.3, -0.25) is 0 Å². The topological polar surface area (TPSA) is 9.72 Å². The van der Waals surface area contributed by atoms with Crippen molar-refractivity contribution >= 4 is 74.3 Å². The summed E-state index contributed by atoms with van der Waals surface area (Å²) in [4.78, 5) is 7.72. The number of nitrogens with zero attached hydrogens (tertiary/aromatic N) is 3. The van der Waals surface area contributed by atoms with Crippen LogP contribution in [0.5, 0.6) is 0 Å². The van der Waals surface area contributed by atoms with E-state index in [1.807, 2.05) is 0 Å². The van der Waals surface area contributed by atoms with Gasteiger partial charge in [-0.25, -0.2) is 0 Å². The quantitative estimate of drug-likeness (QED) is 0.159. The molecule has 0 fully saturated rings. The van der Waals surface area contributed by atoms with Gasteiger partial charge in [0.2, 0.25) is 0 Å². The lowest BCUT2D eigenvalue weighted by Crippen LogP contribution is -2.61. The van der Waals surface area contributed by atoms with Crippen LogP contribution in [0.15, 0.2) is 200 Å². The van der Waals surface area contributed by atoms with Crippen LogP contribution < -0.4 is 31.1 Å². The third-order valence-electron chi connectivity index (χ3n) is 19.1. The first-order valence-electron chi connectivity index (χ1n) is 30.5. The van der Waals surface area contributed by atoms with Crippen molar-refractivity contribution in [2.75, 3.05) is 14.7 Å². The van der Waals surface area contributed by atoms with E-state index in [-0.39, 0.29) is 28.4 Å². The smallest absolute Gasteiger partial charge is 0.252 e. The van der Waals surface area contributed by atoms with Gasteiger partial charge >= 0.3 is 0 Å². The molecule has 10 aromatic rings. The lowest BCUT2D eigenvalue weighted by atomic mass is 9.33. The molecular weight excluding hydrogens is 1010 g/mol. The first-order chi connectivity index (χ1) is 39.9. The van der Waals surface area contributed by atoms with Gasteiger partial charge < -0.3 is 14.7 Å². The first kappa shape index (κ1) is 53.7. The van der Waals surface area contributed by atoms with Crippen LogP contribution in [0.3, 0.4) is 0 Å². The molecule has 0 N–H and O–H groups in total. The highest BCUT2D eigenvalue weighted by molar-refractivity contribution is 7.00. The molecule has 0 saturated heterocycles. The predicted molar refractivity (Wildman–Crippen MR) is 360 cm³/mol. The van der Waals surface area contributed by atoms with Gasteiger partial charge in [-0.05, 0) is 216 Å². The van der Waals surface area contributed by atoms with Crippen LogP contribution >= 0.6 is 0 Å². The third kappa shape index (κ3) is 8.13. The van der Waals surface area contributed by atoms with Crippen molar-refractivity contribution in [3.8, 4) is 22.3 Å². The van der Waals surface area contributed by atoms with Gasteiger partial charge in [0, 0.05) is 51.2 Å². The largest absolute Gasteiger partial charge is 0.311 e. The van der Waals surface area contributed by atoms with Crippen molar-refractivity contribution in [2.24, 2.45) is 0 Å². The molecule has 14 rings (SSSR count). The molecule has 10 aromatic carbocycles. The molecular formula is C80H78BN3. The van der Waals surface area contributed by atoms with E-state index in [1.54, 1.807) is 0 Å². The fourth-order valence-electron chi connectivity index (χ4n) is 14.7. The molecule has 1 atom stereocenters. The Hall–Kier alpha value is -8.34. The summed E-state index contributed by atoms with van der Waals surface area (Å²) < 4.78 is 0. The summed E-state index contributed by atoms with van der Waals surface area (Å²) in [6.45, 7) is 34.5. The molecule has 1 unspecified atom stereocenters. The second kappa shape index (κ2) is 18.6. The lowest BCUT2D eigenvalue weighted by Gasteiger charge is -2.45. The van der Waals surface area contributed by atoms with Crippen molar-refractivity contribution in [1.29, 1.82) is 0 Å². The van der Waals surface area contributed by atoms with Crippen molar-refractivity contribution in [3.05, 3.63) is 261 Å². The summed E-state index contributed by atoms with van der Waals surface area (Å²) >= 11 is 0. The van der Waals surface area contributed by atoms with Gasteiger partial charge in [-0.2, -0.15) is 0 Å². The Morgan fingerprint density at radius 1 is 0.333 bits per heavy atom. The normalized spacial score (nSPS) is 15.5. The highest BCUT2D eigenvalue weighted by Crippen LogP contribution is 2.64. The van der Waals surface area contributed by atoms with E-state index in [0.717, 1.165) is 17.1 Å². The van der Waals surface area contributed by atoms with E-state index in [9.17, 15) is 0 Å². The SMILES string of the molecule is Cc1ccc(N2c3cc4c(cc3B3c5cc(C(C)(C)C)ccc5N(c5ccc(C(C)(C)C)cc5)c5cc(C)cc2c53)-c2ccccc2C42c3ccccc3-c3ccc(N(c4ccc(C(C)(C)C)cc4)c4ccc(C(C)(C)C)cc4)cc32)c(C)c1. The van der Waals surface area contributed by atoms with Crippen molar-refractivity contribution in [3.63, 3.8) is 0 Å². The van der Waals surface area contributed by atoms with Crippen LogP contribution in [0.2, 0.25) is 0 Å². The molecule has 1 spiro atoms. The van der Waals surface area contributed by atoms with Crippen molar-refractivity contribution in [1.82, 2.24) is 0 Å². The fraction of sp³-hybridized carbons (Fsp3) is 0.250. The van der Waals surface area contributed by atoms with E-state index >= 15 is 0 Å². The summed E-state index contributed by atoms with van der Waals surface area (Å²) in [5, 5.41) is 0. The maximum absolute atomic E-state index is 2.66. The van der Waals surface area contributed by atoms with E-state index in [1.165, 1.54) is 134 Å². The molecule has 2 heterocycles. The average molecular weight is 1090 g/mol. The Balaban J connectivity index is 1.06. The summed E-state index contributed by atoms with van der Waals surface area (Å²) in [6.07, 6.45) is 0. The summed E-state index contributed by atoms with van der Waals surface area (Å²) in [6, 6.07) is 78.7. The maximum atomic E-state index is 2.66. The Kier molecular flexibility index (Phi) is 11.9. The van der Waals surface area contributed by atoms with Crippen LogP contribution in [0.1, 0.15) is 144 Å². The van der Waals surface area contributed by atoms with Gasteiger partial charge in [0.15, 0.2) is 0 Å². The van der Waals surface area contributed by atoms with E-state index in [2.05, 4.69) is 319 Å². The minimum Gasteiger partial charge on any atom is -0.311 e. The lowest BCUT2D eigenvalue weighted by molar-refractivity contribution is 0.590. The number of benzene rings is 10. The molecule has 2 aliphatic heterocycles. The number of hydrogen-bond donors (Lipinski definition) is 0. The standard InChI is InChI=1S/C80H78BN3/c1-49-24-40-70(51(3)42-49)84-72-48-67-63(47-69(72)81-68-45-55(79(13,14)15)31-41-71(68)83(73-43-50(2)44-74(84)75(73)81)58-36-29-54(30-37-58)78(10,11)12)61-21-17-19-23-65(61)80(67)64-22-18-16-20-60(64)62-39-38-59(46-66(62)80)82(56-32-25-52(26-33-56)76(4,5)6)57-34-27-53(28-35-57)77(7,8)9/h16-48H,1-15H3. The van der Waals surface area contributed by atoms with Crippen molar-refractivity contribution in [2.45, 2.75) is 131 Å². The maximum Gasteiger partial charge on any atom is 0.252 e. The van der Waals surface area contributed by atoms with E-state index in [0.29, 0.717) is 0 Å². The van der Waals surface area contributed by atoms with Crippen molar-refractivity contribution < 1.29 is 0 Å². The average Bonchev–Trinajstić information content (AvgIpc) is 1.42. The van der Waals surface area contributed by atoms with Crippen LogP contribution in [0.25, 0.3) is 22.3 Å². The van der Waals surface area contributed by atoms with Crippen LogP contribution in [-0.2, 0) is 27.1 Å². The van der Waals surface area contributed by atoms with Gasteiger partial charge in [0.1, 0.15) is 0 Å². The Labute approximate surface area is 500 Å². The molecule has 2 aliphatic carbocycles. The molecule has 416 valence electrons. The minimum atomic E-state index is -0.632. The van der Waals surface area contributed by atoms with Gasteiger partial charge in [-0.15, -0.1) is 0 Å². The fourth-order valence-corrected chi connectivity index (χ4v) is 14.7. The van der Waals surface area contributed by atoms with Gasteiger partial charge in [0.25, 0.3) is 6.71 Å². The highest BCUT2D eigenvalue weighted by Gasteiger charge is 2.54. The van der Waals surface area contributed by atoms with Crippen LogP contribution in [0.4, 0.5) is 51.2 Å². The number of hydrogen-bond acceptors (Lipinski definition) is 3. The Bertz CT molecular complexity index is 4270. The molecule has 4 heteroatoms. The van der Waals surface area contributed by atoms with Crippen LogP contribution in [0, 0.1) is 20.8 Å². The number of rotatable bonds is 5. The molecule has 0 saturated carbocycles. The minimum absolute atomic E-state index is 0.0256. The second-order valence-electron chi connectivity index (χ2n) is 28.9. The monoisotopic (exact) mass is 1090 g/mol. The zero-order chi connectivity index (χ0) is 58.7. The van der Waals surface area contributed by atoms with Gasteiger partial charge in [0.05, 0.1) is 5.41 Å². The molecule has 0 amide bonds. The highest BCUT2D eigenvalue weighted by atomic mass is 15.2. The molecule has 3 nitrogen and oxygen atoms in total. The van der Waals surface area contributed by atoms with Crippen LogP contribution in [-0.4, -0.2) is 6.71 Å². The zero-order valence-corrected chi connectivity index (χ0v) is 52.0. The van der Waals surface area contributed by atoms with Gasteiger partial charge in [-0.1, -0.05) is 210 Å². The Morgan fingerprint density at radius 3 is 1.36 bits per heavy atom. The number of aryl methyl sites for hydroxylation is 3. The number of anilines is 9. The summed E-state index contributed by atoms with van der Waals surface area (Å²) in [5.74, 6) is 0. The summed E-state index contributed by atoms with van der Waals surface area (Å²) in [7, 11) is 0. The Morgan fingerprint density at radius 2 is 0.798 bits per heavy atom. The summed E-state index contributed by atoms with van der Waals surface area (Å²) in [5.41, 5.74) is 33.6. The molecule has 4 aliphatic rings. The predicted octanol–water partition coefficient (Wildman–Crippen LogP) is 19.7. The molecule has 0 aromatic heterocycles. The molecule has 0 bridgehead atoms. The second-order valence-corrected chi connectivity index (χ2v) is 28.9. The zero-order valence-electron chi connectivity index (χ0n) is 52.0. The number of fused-ring (bicyclic) bond motifs is 14. The third-order valence-corrected chi connectivity index (χ3v) is 19.1. The van der Waals surface area contributed by atoms with E-state index in [4.69, 9.17) is 0 Å². The molecule has 84 heavy (non-hydrogen) atoms. The van der Waals surface area contributed by atoms with E-state index < -0.39 is 5.41 Å². The molecule has 0 radical (unpaired) electrons.